The molecule has 234 valence electrons. The molecule has 1 atom stereocenters. The van der Waals surface area contributed by atoms with Crippen LogP contribution >= 0.6 is 23.4 Å². The number of carbonyl (C=O) groups is 1. The summed E-state index contributed by atoms with van der Waals surface area (Å²) in [5.41, 5.74) is 3.05. The number of rotatable bonds is 9. The van der Waals surface area contributed by atoms with Crippen LogP contribution < -0.4 is 15.3 Å². The van der Waals surface area contributed by atoms with Crippen molar-refractivity contribution in [3.63, 3.8) is 0 Å². The molecule has 1 amide bonds. The van der Waals surface area contributed by atoms with Crippen LogP contribution in [-0.4, -0.2) is 71.0 Å². The van der Waals surface area contributed by atoms with Gasteiger partial charge in [0.2, 0.25) is 0 Å². The third kappa shape index (κ3) is 8.62. The summed E-state index contributed by atoms with van der Waals surface area (Å²) in [5.74, 6) is 3.71. The molecule has 1 aliphatic carbocycles. The van der Waals surface area contributed by atoms with E-state index < -0.39 is 12.1 Å². The summed E-state index contributed by atoms with van der Waals surface area (Å²) in [6.07, 6.45) is 20.7. The molecule has 3 aliphatic rings. The maximum Gasteiger partial charge on any atom is 0.416 e. The number of hydrogen-bond donors (Lipinski definition) is 1. The fourth-order valence-electron chi connectivity index (χ4n) is 5.71. The molecule has 1 fully saturated rings. The van der Waals surface area contributed by atoms with Crippen LogP contribution in [0.15, 0.2) is 60.2 Å². The van der Waals surface area contributed by atoms with E-state index >= 15 is 0 Å². The average Bonchev–Trinajstić information content (AvgIpc) is 3.29. The van der Waals surface area contributed by atoms with Crippen molar-refractivity contribution >= 4 is 41.6 Å². The number of allylic oxidation sites excluding steroid dienone is 5. The van der Waals surface area contributed by atoms with Crippen LogP contribution in [0.25, 0.3) is 12.2 Å². The second-order valence-electron chi connectivity index (χ2n) is 10.6. The number of aromatic amines is 1. The number of aromatic nitrogens is 1. The highest BCUT2D eigenvalue weighted by molar-refractivity contribution is 7.99. The predicted octanol–water partition coefficient (Wildman–Crippen LogP) is 6.07. The summed E-state index contributed by atoms with van der Waals surface area (Å²) in [6.45, 7) is 6.64. The fraction of sp³-hybridized carbons (Fsp3) is 0.400. The molecule has 1 saturated heterocycles. The average molecular weight is 638 g/mol. The highest BCUT2D eigenvalue weighted by Gasteiger charge is 2.35. The van der Waals surface area contributed by atoms with Gasteiger partial charge in [-0.2, -0.15) is 11.8 Å². The minimum absolute atomic E-state index is 0.179. The van der Waals surface area contributed by atoms with Crippen molar-refractivity contribution in [2.45, 2.75) is 38.6 Å². The Kier molecular flexibility index (Phi) is 13.1. The Balaban J connectivity index is 0.00000216. The van der Waals surface area contributed by atoms with Crippen LogP contribution in [-0.2, 0) is 11.2 Å². The Morgan fingerprint density at radius 2 is 1.93 bits per heavy atom. The molecule has 0 saturated carbocycles. The highest BCUT2D eigenvalue weighted by Crippen LogP contribution is 2.34. The number of amides is 1. The van der Waals surface area contributed by atoms with Crippen molar-refractivity contribution in [2.75, 3.05) is 50.2 Å². The lowest BCUT2D eigenvalue weighted by atomic mass is 9.93. The third-order valence-electron chi connectivity index (χ3n) is 7.87. The lowest BCUT2D eigenvalue weighted by Crippen LogP contribution is -2.41. The zero-order chi connectivity index (χ0) is 31.3. The van der Waals surface area contributed by atoms with Crippen molar-refractivity contribution < 1.29 is 18.7 Å². The first-order valence-electron chi connectivity index (χ1n) is 15.1. The number of ether oxygens (including phenoxy) is 2. The number of unbranched alkanes of at least 4 members (excludes halogenated alkanes) is 1. The monoisotopic (exact) mass is 637 g/mol. The summed E-state index contributed by atoms with van der Waals surface area (Å²) in [5, 5.41) is 2.07. The van der Waals surface area contributed by atoms with E-state index in [-0.39, 0.29) is 12.2 Å². The number of hydrogen-bond acceptors (Lipinski definition) is 5. The Morgan fingerprint density at radius 1 is 1.16 bits per heavy atom. The summed E-state index contributed by atoms with van der Waals surface area (Å²) in [4.78, 5) is 21.4. The maximum atomic E-state index is 13.7. The third-order valence-corrected chi connectivity index (χ3v) is 8.96. The van der Waals surface area contributed by atoms with Gasteiger partial charge < -0.3 is 19.4 Å². The minimum Gasteiger partial charge on any atom is -0.494 e. The zero-order valence-corrected chi connectivity index (χ0v) is 26.8. The molecule has 3 heterocycles. The number of terminal acetylenes is 1. The Morgan fingerprint density at radius 3 is 2.66 bits per heavy atom. The largest absolute Gasteiger partial charge is 0.494 e. The van der Waals surface area contributed by atoms with Crippen LogP contribution in [0.5, 0.6) is 5.75 Å². The van der Waals surface area contributed by atoms with E-state index in [1.165, 1.54) is 36.7 Å². The maximum absolute atomic E-state index is 13.7. The van der Waals surface area contributed by atoms with E-state index in [9.17, 15) is 9.18 Å². The number of nitrogens with one attached hydrogen (secondary N) is 1. The molecule has 1 N–H and O–H groups in total. The van der Waals surface area contributed by atoms with Crippen molar-refractivity contribution in [1.82, 2.24) is 14.8 Å². The molecular weight excluding hydrogens is 597 g/mol. The molecule has 1 aromatic carbocycles. The molecule has 0 bridgehead atoms. The van der Waals surface area contributed by atoms with E-state index in [0.29, 0.717) is 31.2 Å². The molecule has 2 aromatic rings. The number of fused-ring (bicyclic) bond motifs is 1. The van der Waals surface area contributed by atoms with Gasteiger partial charge in [0.1, 0.15) is 23.4 Å². The zero-order valence-electron chi connectivity index (χ0n) is 25.3. The van der Waals surface area contributed by atoms with Gasteiger partial charge in [-0.1, -0.05) is 30.4 Å². The lowest BCUT2D eigenvalue weighted by molar-refractivity contribution is 0.115. The van der Waals surface area contributed by atoms with Crippen LogP contribution in [0, 0.1) is 12.8 Å². The summed E-state index contributed by atoms with van der Waals surface area (Å²) in [7, 11) is 0. The van der Waals surface area contributed by atoms with Crippen molar-refractivity contribution in [3.05, 3.63) is 87.5 Å². The van der Waals surface area contributed by atoms with Crippen LogP contribution in [0.2, 0.25) is 0 Å². The number of carbonyl (C=O) groups excluding carboxylic acids is 1. The van der Waals surface area contributed by atoms with Crippen molar-refractivity contribution in [1.29, 1.82) is 0 Å². The van der Waals surface area contributed by atoms with Gasteiger partial charge >= 0.3 is 6.09 Å². The van der Waals surface area contributed by atoms with Crippen LogP contribution in [0.4, 0.5) is 9.18 Å². The van der Waals surface area contributed by atoms with E-state index in [1.807, 2.05) is 55.1 Å². The van der Waals surface area contributed by atoms with E-state index in [0.717, 1.165) is 52.5 Å². The summed E-state index contributed by atoms with van der Waals surface area (Å²) in [6, 6.07) is 7.59. The first-order valence-corrected chi connectivity index (χ1v) is 16.8. The van der Waals surface area contributed by atoms with Crippen LogP contribution in [0.1, 0.15) is 49.0 Å². The van der Waals surface area contributed by atoms with Gasteiger partial charge in [0, 0.05) is 54.5 Å². The lowest BCUT2D eigenvalue weighted by Gasteiger charge is -2.35. The number of H-pyrrole nitrogens is 1. The Labute approximate surface area is 269 Å². The fourth-order valence-corrected chi connectivity index (χ4v) is 6.84. The van der Waals surface area contributed by atoms with E-state index in [4.69, 9.17) is 21.1 Å². The van der Waals surface area contributed by atoms with Crippen molar-refractivity contribution in [3.8, 4) is 18.6 Å². The van der Waals surface area contributed by atoms with Crippen molar-refractivity contribution in [2.24, 2.45) is 0 Å². The number of nitrogens with zero attached hydrogens (tertiary/aromatic N) is 2. The molecule has 0 radical (unpaired) electrons. The second kappa shape index (κ2) is 17.2. The summed E-state index contributed by atoms with van der Waals surface area (Å²) >= 11 is 8.16. The molecule has 1 aromatic heterocycles. The topological polar surface area (TPSA) is 57.8 Å². The van der Waals surface area contributed by atoms with Gasteiger partial charge in [0.15, 0.2) is 0 Å². The first kappa shape index (κ1) is 33.5. The van der Waals surface area contributed by atoms with E-state index in [1.54, 1.807) is 17.1 Å². The van der Waals surface area contributed by atoms with Gasteiger partial charge in [0.25, 0.3) is 0 Å². The molecule has 5 rings (SSSR count). The predicted molar refractivity (Wildman–Crippen MR) is 180 cm³/mol. The molecule has 0 spiro atoms. The van der Waals surface area contributed by atoms with Crippen LogP contribution in [0.3, 0.4) is 0 Å². The molecule has 2 aliphatic heterocycles. The second-order valence-corrected chi connectivity index (χ2v) is 12.1. The van der Waals surface area contributed by atoms with Gasteiger partial charge in [-0.25, -0.2) is 9.18 Å². The van der Waals surface area contributed by atoms with E-state index in [2.05, 4.69) is 22.7 Å². The standard InChI is InChI=1S/C33H39ClFN3O3S.C2H2/c1-2-30-28(14-16-34)29-15-18-38(33(39)41-27-7-5-6-25(35)10-13-27)32(31(29)36-30)24-8-11-26(12-9-24)40-21-4-3-17-37-19-22-42-23-20-37;1-2/h2,5,7-14,32,36H,3-4,6,15-23H2,1H3;1-2H/b28-14-,30-2+;. The van der Waals surface area contributed by atoms with Gasteiger partial charge in [-0.3, -0.25) is 4.90 Å². The SMILES string of the molecule is C#C.C/C=c1/[nH]c2c(/c1=C/CCl)CCN(C(=O)OC1=CC=C(F)CC=C1)C2c1ccc(OCCCCN2CCSCC2)cc1. The smallest absolute Gasteiger partial charge is 0.416 e. The molecule has 6 nitrogen and oxygen atoms in total. The quantitative estimate of drug-likeness (QED) is 0.205. The molecular formula is C35H41ClFN3O3S. The highest BCUT2D eigenvalue weighted by atomic mass is 35.5. The van der Waals surface area contributed by atoms with Gasteiger partial charge in [-0.15, -0.1) is 24.4 Å². The number of halogens is 2. The van der Waals surface area contributed by atoms with Gasteiger partial charge in [-0.05, 0) is 79.4 Å². The number of benzene rings is 1. The Hall–Kier alpha value is -3.38. The first-order chi connectivity index (χ1) is 21.6. The number of alkyl halides is 1. The van der Waals surface area contributed by atoms with Gasteiger partial charge in [0.05, 0.1) is 6.61 Å². The molecule has 1 unspecified atom stereocenters. The molecule has 44 heavy (non-hydrogen) atoms. The normalized spacial score (nSPS) is 19.3. The summed E-state index contributed by atoms with van der Waals surface area (Å²) < 4.78 is 25.5. The Bertz CT molecular complexity index is 1490. The molecule has 9 heteroatoms. The number of thioether (sulfide) groups is 1. The minimum atomic E-state index is -0.482.